The fourth-order valence-corrected chi connectivity index (χ4v) is 2.30. The first-order chi connectivity index (χ1) is 8.09. The molecular weight excluding hydrogens is 214 g/mol. The van der Waals surface area contributed by atoms with Gasteiger partial charge in [0.1, 0.15) is 0 Å². The second kappa shape index (κ2) is 7.34. The van der Waals surface area contributed by atoms with Crippen molar-refractivity contribution < 1.29 is 9.84 Å². The summed E-state index contributed by atoms with van der Waals surface area (Å²) in [4.78, 5) is 2.28. The number of ether oxygens (including phenoxy) is 1. The Morgan fingerprint density at radius 3 is 2.65 bits per heavy atom. The number of nitrogens with zero attached hydrogens (tertiary/aromatic N) is 1. The molecule has 0 aliphatic heterocycles. The molecule has 102 valence electrons. The number of aliphatic hydroxyl groups is 1. The Balaban J connectivity index is 2.10. The molecule has 1 saturated carbocycles. The molecule has 0 aromatic rings. The van der Waals surface area contributed by atoms with Crippen LogP contribution in [0.2, 0.25) is 0 Å². The first-order valence-corrected chi connectivity index (χ1v) is 6.97. The minimum Gasteiger partial charge on any atom is -0.396 e. The summed E-state index contributed by atoms with van der Waals surface area (Å²) < 4.78 is 5.63. The van der Waals surface area contributed by atoms with Crippen LogP contribution < -0.4 is 0 Å². The lowest BCUT2D eigenvalue weighted by molar-refractivity contribution is 0.0630. The Kier molecular flexibility index (Phi) is 6.45. The lowest BCUT2D eigenvalue weighted by Gasteiger charge is -2.32. The average Bonchev–Trinajstić information content (AvgIpc) is 3.08. The zero-order valence-electron chi connectivity index (χ0n) is 11.7. The summed E-state index contributed by atoms with van der Waals surface area (Å²) in [6.07, 6.45) is 4.92. The SMILES string of the molecule is CCCC(C)(CO)CN(C)CCOCC1CC1. The van der Waals surface area contributed by atoms with E-state index in [1.165, 1.54) is 12.8 Å². The average molecular weight is 243 g/mol. The topological polar surface area (TPSA) is 32.7 Å². The van der Waals surface area contributed by atoms with Gasteiger partial charge in [0, 0.05) is 31.7 Å². The van der Waals surface area contributed by atoms with Crippen LogP contribution in [0.3, 0.4) is 0 Å². The summed E-state index contributed by atoms with van der Waals surface area (Å²) in [5.74, 6) is 0.850. The predicted molar refractivity (Wildman–Crippen MR) is 71.1 cm³/mol. The van der Waals surface area contributed by atoms with Crippen LogP contribution in [-0.4, -0.2) is 50.0 Å². The largest absolute Gasteiger partial charge is 0.396 e. The van der Waals surface area contributed by atoms with Gasteiger partial charge in [-0.1, -0.05) is 20.3 Å². The zero-order chi connectivity index (χ0) is 12.7. The van der Waals surface area contributed by atoms with E-state index in [0.29, 0.717) is 0 Å². The molecule has 0 saturated heterocycles. The van der Waals surface area contributed by atoms with Gasteiger partial charge in [-0.15, -0.1) is 0 Å². The van der Waals surface area contributed by atoms with E-state index in [0.717, 1.165) is 45.1 Å². The molecule has 0 amide bonds. The van der Waals surface area contributed by atoms with E-state index < -0.39 is 0 Å². The Bertz CT molecular complexity index is 206. The maximum Gasteiger partial charge on any atom is 0.0593 e. The van der Waals surface area contributed by atoms with Crippen molar-refractivity contribution >= 4 is 0 Å². The van der Waals surface area contributed by atoms with Crippen molar-refractivity contribution in [1.29, 1.82) is 0 Å². The lowest BCUT2D eigenvalue weighted by atomic mass is 9.86. The molecule has 0 heterocycles. The van der Waals surface area contributed by atoms with Crippen molar-refractivity contribution in [2.75, 3.05) is 40.0 Å². The Hall–Kier alpha value is -0.120. The highest BCUT2D eigenvalue weighted by Crippen LogP contribution is 2.28. The third-order valence-corrected chi connectivity index (χ3v) is 3.55. The maximum absolute atomic E-state index is 9.46. The molecule has 1 N–H and O–H groups in total. The molecule has 0 aromatic carbocycles. The summed E-state index contributed by atoms with van der Waals surface area (Å²) in [5, 5.41) is 9.46. The van der Waals surface area contributed by atoms with Gasteiger partial charge in [-0.3, -0.25) is 0 Å². The molecular formula is C14H29NO2. The summed E-state index contributed by atoms with van der Waals surface area (Å²) >= 11 is 0. The number of hydrogen-bond donors (Lipinski definition) is 1. The Morgan fingerprint density at radius 2 is 2.12 bits per heavy atom. The molecule has 3 nitrogen and oxygen atoms in total. The fraction of sp³-hybridized carbons (Fsp3) is 1.00. The van der Waals surface area contributed by atoms with Crippen LogP contribution >= 0.6 is 0 Å². The minimum atomic E-state index is 0.0417. The molecule has 17 heavy (non-hydrogen) atoms. The molecule has 0 bridgehead atoms. The minimum absolute atomic E-state index is 0.0417. The number of aliphatic hydroxyl groups excluding tert-OH is 1. The van der Waals surface area contributed by atoms with E-state index in [2.05, 4.69) is 25.8 Å². The number of likely N-dealkylation sites (N-methyl/N-ethyl adjacent to an activating group) is 1. The molecule has 0 spiro atoms. The third-order valence-electron chi connectivity index (χ3n) is 3.55. The van der Waals surface area contributed by atoms with Crippen LogP contribution in [0.1, 0.15) is 39.5 Å². The van der Waals surface area contributed by atoms with Gasteiger partial charge in [0.15, 0.2) is 0 Å². The lowest BCUT2D eigenvalue weighted by Crippen LogP contribution is -2.37. The van der Waals surface area contributed by atoms with Crippen LogP contribution in [0.25, 0.3) is 0 Å². The van der Waals surface area contributed by atoms with Crippen LogP contribution in [0.5, 0.6) is 0 Å². The van der Waals surface area contributed by atoms with E-state index in [-0.39, 0.29) is 12.0 Å². The Labute approximate surface area is 106 Å². The highest BCUT2D eigenvalue weighted by molar-refractivity contribution is 4.76. The molecule has 1 aliphatic carbocycles. The molecule has 1 unspecified atom stereocenters. The van der Waals surface area contributed by atoms with Crippen LogP contribution in [0, 0.1) is 11.3 Å². The van der Waals surface area contributed by atoms with Gasteiger partial charge >= 0.3 is 0 Å². The number of rotatable bonds is 10. The van der Waals surface area contributed by atoms with E-state index in [1.54, 1.807) is 0 Å². The van der Waals surface area contributed by atoms with Crippen LogP contribution in [-0.2, 0) is 4.74 Å². The molecule has 1 aliphatic rings. The van der Waals surface area contributed by atoms with Gasteiger partial charge in [-0.2, -0.15) is 0 Å². The van der Waals surface area contributed by atoms with Gasteiger partial charge < -0.3 is 14.7 Å². The monoisotopic (exact) mass is 243 g/mol. The standard InChI is InChI=1S/C14H29NO2/c1-4-7-14(2,12-16)11-15(3)8-9-17-10-13-5-6-13/h13,16H,4-12H2,1-3H3. The number of hydrogen-bond acceptors (Lipinski definition) is 3. The maximum atomic E-state index is 9.46. The predicted octanol–water partition coefficient (Wildman–Crippen LogP) is 2.14. The molecule has 1 rings (SSSR count). The summed E-state index contributed by atoms with van der Waals surface area (Å²) in [6, 6.07) is 0. The van der Waals surface area contributed by atoms with Crippen molar-refractivity contribution in [3.8, 4) is 0 Å². The third kappa shape index (κ3) is 6.39. The molecule has 0 aromatic heterocycles. The molecule has 0 radical (unpaired) electrons. The van der Waals surface area contributed by atoms with E-state index in [9.17, 15) is 5.11 Å². The highest BCUT2D eigenvalue weighted by atomic mass is 16.5. The van der Waals surface area contributed by atoms with Crippen molar-refractivity contribution in [2.45, 2.75) is 39.5 Å². The Morgan fingerprint density at radius 1 is 1.41 bits per heavy atom. The summed E-state index contributed by atoms with van der Waals surface area (Å²) in [5.41, 5.74) is 0.0417. The zero-order valence-corrected chi connectivity index (χ0v) is 11.7. The molecule has 3 heteroatoms. The fourth-order valence-electron chi connectivity index (χ4n) is 2.30. The van der Waals surface area contributed by atoms with Gasteiger partial charge in [0.2, 0.25) is 0 Å². The van der Waals surface area contributed by atoms with Crippen LogP contribution in [0.4, 0.5) is 0 Å². The second-order valence-electron chi connectivity index (χ2n) is 5.97. The van der Waals surface area contributed by atoms with E-state index in [4.69, 9.17) is 4.74 Å². The molecule has 1 atom stereocenters. The van der Waals surface area contributed by atoms with E-state index >= 15 is 0 Å². The summed E-state index contributed by atoms with van der Waals surface area (Å²) in [7, 11) is 2.12. The highest BCUT2D eigenvalue weighted by Gasteiger charge is 2.24. The van der Waals surface area contributed by atoms with Crippen LogP contribution in [0.15, 0.2) is 0 Å². The second-order valence-corrected chi connectivity index (χ2v) is 5.97. The van der Waals surface area contributed by atoms with Gasteiger partial charge in [-0.05, 0) is 32.2 Å². The van der Waals surface area contributed by atoms with Crippen molar-refractivity contribution in [3.05, 3.63) is 0 Å². The molecule has 1 fully saturated rings. The quantitative estimate of drug-likeness (QED) is 0.597. The summed E-state index contributed by atoms with van der Waals surface area (Å²) in [6.45, 7) is 8.29. The van der Waals surface area contributed by atoms with E-state index in [1.807, 2.05) is 0 Å². The normalized spacial score (nSPS) is 19.6. The smallest absolute Gasteiger partial charge is 0.0593 e. The van der Waals surface area contributed by atoms with Gasteiger partial charge in [-0.25, -0.2) is 0 Å². The first kappa shape index (κ1) is 14.9. The van der Waals surface area contributed by atoms with Gasteiger partial charge in [0.25, 0.3) is 0 Å². The van der Waals surface area contributed by atoms with Crippen molar-refractivity contribution in [2.24, 2.45) is 11.3 Å². The van der Waals surface area contributed by atoms with Gasteiger partial charge in [0.05, 0.1) is 6.61 Å². The van der Waals surface area contributed by atoms with Crippen molar-refractivity contribution in [1.82, 2.24) is 4.90 Å². The van der Waals surface area contributed by atoms with Crippen molar-refractivity contribution in [3.63, 3.8) is 0 Å². The first-order valence-electron chi connectivity index (χ1n) is 6.97.